The number of thiazole rings is 1. The van der Waals surface area contributed by atoms with Crippen LogP contribution in [0.4, 0.5) is 0 Å². The second-order valence-electron chi connectivity index (χ2n) is 4.18. The van der Waals surface area contributed by atoms with Crippen LogP contribution in [0, 0.1) is 0 Å². The highest BCUT2D eigenvalue weighted by atomic mass is 32.1. The van der Waals surface area contributed by atoms with Gasteiger partial charge in [0.1, 0.15) is 12.4 Å². The van der Waals surface area contributed by atoms with Crippen LogP contribution in [0.15, 0.2) is 42.7 Å². The number of imidazole rings is 1. The van der Waals surface area contributed by atoms with Crippen molar-refractivity contribution < 1.29 is 4.40 Å². The van der Waals surface area contributed by atoms with E-state index in [2.05, 4.69) is 65.7 Å². The maximum atomic E-state index is 2.26. The van der Waals surface area contributed by atoms with Crippen molar-refractivity contribution in [2.45, 2.75) is 13.3 Å². The maximum absolute atomic E-state index is 2.26. The number of aromatic nitrogens is 2. The Morgan fingerprint density at radius 2 is 1.94 bits per heavy atom. The molecule has 2 aromatic heterocycles. The van der Waals surface area contributed by atoms with Gasteiger partial charge in [-0.3, -0.25) is 0 Å². The minimum atomic E-state index is 1.10. The normalized spacial score (nSPS) is 11.2. The molecule has 2 heterocycles. The molecule has 17 heavy (non-hydrogen) atoms. The van der Waals surface area contributed by atoms with E-state index in [4.69, 9.17) is 0 Å². The van der Waals surface area contributed by atoms with Crippen molar-refractivity contribution in [2.24, 2.45) is 7.05 Å². The quantitative estimate of drug-likeness (QED) is 0.612. The van der Waals surface area contributed by atoms with Crippen LogP contribution in [0.25, 0.3) is 16.2 Å². The van der Waals surface area contributed by atoms with E-state index in [1.807, 2.05) is 11.3 Å². The van der Waals surface area contributed by atoms with Crippen molar-refractivity contribution in [1.82, 2.24) is 4.57 Å². The van der Waals surface area contributed by atoms with E-state index in [0.717, 1.165) is 6.42 Å². The van der Waals surface area contributed by atoms with Crippen molar-refractivity contribution in [3.63, 3.8) is 0 Å². The fourth-order valence-corrected chi connectivity index (χ4v) is 3.09. The molecule has 0 aliphatic heterocycles. The van der Waals surface area contributed by atoms with Crippen molar-refractivity contribution >= 4 is 16.3 Å². The molecule has 0 saturated heterocycles. The Morgan fingerprint density at radius 1 is 1.18 bits per heavy atom. The summed E-state index contributed by atoms with van der Waals surface area (Å²) in [7, 11) is 2.13. The summed E-state index contributed by atoms with van der Waals surface area (Å²) in [4.78, 5) is 2.72. The molecule has 3 rings (SSSR count). The topological polar surface area (TPSA) is 9.03 Å². The Morgan fingerprint density at radius 3 is 2.59 bits per heavy atom. The van der Waals surface area contributed by atoms with Gasteiger partial charge in [-0.1, -0.05) is 48.6 Å². The van der Waals surface area contributed by atoms with Gasteiger partial charge in [-0.25, -0.2) is 4.57 Å². The lowest BCUT2D eigenvalue weighted by Crippen LogP contribution is -2.13. The Bertz CT molecular complexity index is 649. The van der Waals surface area contributed by atoms with Gasteiger partial charge in [0.15, 0.2) is 5.69 Å². The summed E-state index contributed by atoms with van der Waals surface area (Å²) in [5.41, 5.74) is 2.53. The molecule has 0 spiro atoms. The number of aryl methyl sites for hydroxylation is 2. The predicted octanol–water partition coefficient (Wildman–Crippen LogP) is 3.05. The number of nitrogens with zero attached hydrogens (tertiary/aromatic N) is 2. The van der Waals surface area contributed by atoms with Gasteiger partial charge in [-0.2, -0.15) is 4.40 Å². The van der Waals surface area contributed by atoms with Crippen molar-refractivity contribution in [2.75, 3.05) is 0 Å². The van der Waals surface area contributed by atoms with Gasteiger partial charge < -0.3 is 0 Å². The summed E-state index contributed by atoms with van der Waals surface area (Å²) in [5.74, 6) is 0. The molecule has 0 aliphatic rings. The number of rotatable bonds is 2. The SMILES string of the molecule is CCc1c[n+]2cc(-c3ccccc3)n(C)c2s1. The van der Waals surface area contributed by atoms with E-state index in [1.165, 1.54) is 21.1 Å². The molecule has 0 unspecified atom stereocenters. The first-order chi connectivity index (χ1) is 8.29. The van der Waals surface area contributed by atoms with Crippen LogP contribution in [-0.4, -0.2) is 4.57 Å². The lowest BCUT2D eigenvalue weighted by atomic mass is 10.2. The average Bonchev–Trinajstić information content (AvgIpc) is 2.90. The Balaban J connectivity index is 2.19. The van der Waals surface area contributed by atoms with E-state index in [0.29, 0.717) is 0 Å². The summed E-state index contributed by atoms with van der Waals surface area (Å²) >= 11 is 1.87. The van der Waals surface area contributed by atoms with Crippen LogP contribution in [0.5, 0.6) is 0 Å². The number of hydrogen-bond acceptors (Lipinski definition) is 1. The minimum absolute atomic E-state index is 1.10. The highest BCUT2D eigenvalue weighted by Gasteiger charge is 2.18. The number of hydrogen-bond donors (Lipinski definition) is 0. The molecule has 0 saturated carbocycles. The molecule has 0 aliphatic carbocycles. The van der Waals surface area contributed by atoms with Crippen LogP contribution in [-0.2, 0) is 13.5 Å². The lowest BCUT2D eigenvalue weighted by molar-refractivity contribution is -0.506. The first-order valence-electron chi connectivity index (χ1n) is 5.84. The monoisotopic (exact) mass is 243 g/mol. The highest BCUT2D eigenvalue weighted by Crippen LogP contribution is 2.22. The first kappa shape index (κ1) is 10.5. The fourth-order valence-electron chi connectivity index (χ4n) is 2.10. The summed E-state index contributed by atoms with van der Waals surface area (Å²) < 4.78 is 4.49. The molecule has 0 atom stereocenters. The predicted molar refractivity (Wildman–Crippen MR) is 71.3 cm³/mol. The molecule has 0 amide bonds. The van der Waals surface area contributed by atoms with Gasteiger partial charge in [0.05, 0.1) is 11.9 Å². The Kier molecular flexibility index (Phi) is 2.48. The molecule has 3 aromatic rings. The summed E-state index contributed by atoms with van der Waals surface area (Å²) in [6.45, 7) is 2.20. The smallest absolute Gasteiger partial charge is 0.216 e. The van der Waals surface area contributed by atoms with Gasteiger partial charge in [-0.15, -0.1) is 0 Å². The van der Waals surface area contributed by atoms with E-state index < -0.39 is 0 Å². The molecule has 0 fully saturated rings. The third kappa shape index (κ3) is 1.67. The summed E-state index contributed by atoms with van der Waals surface area (Å²) in [6.07, 6.45) is 5.54. The second kappa shape index (κ2) is 4.00. The largest absolute Gasteiger partial charge is 0.346 e. The van der Waals surface area contributed by atoms with E-state index >= 15 is 0 Å². The number of fused-ring (bicyclic) bond motifs is 1. The standard InChI is InChI=1S/C14H15N2S/c1-3-12-9-16-10-13(15(2)14(16)17-12)11-7-5-4-6-8-11/h4-10H,3H2,1-2H3/q+1. The van der Waals surface area contributed by atoms with Crippen molar-refractivity contribution in [3.8, 4) is 11.3 Å². The van der Waals surface area contributed by atoms with Crippen LogP contribution in [0.3, 0.4) is 0 Å². The Hall–Kier alpha value is -1.61. The molecular formula is C14H15N2S+. The van der Waals surface area contributed by atoms with Crippen LogP contribution in [0.2, 0.25) is 0 Å². The minimum Gasteiger partial charge on any atom is -0.216 e. The molecule has 1 aromatic carbocycles. The van der Waals surface area contributed by atoms with Gasteiger partial charge in [0, 0.05) is 5.56 Å². The molecule has 0 radical (unpaired) electrons. The van der Waals surface area contributed by atoms with Crippen LogP contribution >= 0.6 is 11.3 Å². The van der Waals surface area contributed by atoms with Gasteiger partial charge in [-0.05, 0) is 6.42 Å². The van der Waals surface area contributed by atoms with Gasteiger partial charge in [0.2, 0.25) is 0 Å². The second-order valence-corrected chi connectivity index (χ2v) is 5.27. The molecule has 0 bridgehead atoms. The third-order valence-electron chi connectivity index (χ3n) is 3.05. The van der Waals surface area contributed by atoms with Crippen molar-refractivity contribution in [1.29, 1.82) is 0 Å². The molecule has 0 N–H and O–H groups in total. The molecule has 86 valence electrons. The molecule has 3 heteroatoms. The zero-order chi connectivity index (χ0) is 11.8. The summed E-state index contributed by atoms with van der Waals surface area (Å²) in [6, 6.07) is 10.5. The lowest BCUT2D eigenvalue weighted by Gasteiger charge is -1.95. The van der Waals surface area contributed by atoms with Crippen LogP contribution in [0.1, 0.15) is 11.8 Å². The fraction of sp³-hybridized carbons (Fsp3) is 0.214. The van der Waals surface area contributed by atoms with Gasteiger partial charge >= 0.3 is 4.96 Å². The molecular weight excluding hydrogens is 228 g/mol. The average molecular weight is 243 g/mol. The Labute approximate surface area is 105 Å². The van der Waals surface area contributed by atoms with E-state index in [1.54, 1.807) is 0 Å². The van der Waals surface area contributed by atoms with Crippen LogP contribution < -0.4 is 4.40 Å². The van der Waals surface area contributed by atoms with Crippen molar-refractivity contribution in [3.05, 3.63) is 47.6 Å². The first-order valence-corrected chi connectivity index (χ1v) is 6.66. The highest BCUT2D eigenvalue weighted by molar-refractivity contribution is 7.16. The molecule has 2 nitrogen and oxygen atoms in total. The summed E-state index contributed by atoms with van der Waals surface area (Å²) in [5, 5.41) is 0. The third-order valence-corrected chi connectivity index (χ3v) is 4.38. The maximum Gasteiger partial charge on any atom is 0.346 e. The zero-order valence-corrected chi connectivity index (χ0v) is 10.9. The number of benzene rings is 1. The van der Waals surface area contributed by atoms with E-state index in [9.17, 15) is 0 Å². The zero-order valence-electron chi connectivity index (χ0n) is 10.1. The van der Waals surface area contributed by atoms with Gasteiger partial charge in [0.25, 0.3) is 0 Å². The van der Waals surface area contributed by atoms with E-state index in [-0.39, 0.29) is 0 Å².